The highest BCUT2D eigenvalue weighted by atomic mass is 19.1. The summed E-state index contributed by atoms with van der Waals surface area (Å²) in [5, 5.41) is 3.22. The predicted molar refractivity (Wildman–Crippen MR) is 60.8 cm³/mol. The molecule has 1 N–H and O–H groups in total. The van der Waals surface area contributed by atoms with Gasteiger partial charge in [-0.3, -0.25) is 0 Å². The van der Waals surface area contributed by atoms with Gasteiger partial charge in [0.1, 0.15) is 6.17 Å². The van der Waals surface area contributed by atoms with Crippen molar-refractivity contribution >= 4 is 0 Å². The largest absolute Gasteiger partial charge is 0.311 e. The van der Waals surface area contributed by atoms with Crippen molar-refractivity contribution in [2.24, 2.45) is 0 Å². The van der Waals surface area contributed by atoms with E-state index in [0.29, 0.717) is 6.42 Å². The molecule has 0 aromatic heterocycles. The second kappa shape index (κ2) is 4.75. The van der Waals surface area contributed by atoms with Crippen LogP contribution in [0.5, 0.6) is 0 Å². The van der Waals surface area contributed by atoms with E-state index in [4.69, 9.17) is 0 Å². The summed E-state index contributed by atoms with van der Waals surface area (Å²) >= 11 is 0. The van der Waals surface area contributed by atoms with Crippen LogP contribution >= 0.6 is 0 Å². The monoisotopic (exact) mass is 207 g/mol. The van der Waals surface area contributed by atoms with Crippen molar-refractivity contribution in [2.45, 2.75) is 38.4 Å². The van der Waals surface area contributed by atoms with Gasteiger partial charge >= 0.3 is 0 Å². The summed E-state index contributed by atoms with van der Waals surface area (Å²) in [6.45, 7) is 3.02. The third-order valence-electron chi connectivity index (χ3n) is 3.05. The third-order valence-corrected chi connectivity index (χ3v) is 3.05. The first-order valence-corrected chi connectivity index (χ1v) is 5.69. The van der Waals surface area contributed by atoms with Gasteiger partial charge < -0.3 is 5.32 Å². The minimum Gasteiger partial charge on any atom is -0.311 e. The molecule has 1 aromatic carbocycles. The Morgan fingerprint density at radius 2 is 2.40 bits per heavy atom. The van der Waals surface area contributed by atoms with Gasteiger partial charge in [0.15, 0.2) is 0 Å². The Hall–Kier alpha value is -0.890. The normalized spacial score (nSPS) is 22.9. The minimum absolute atomic E-state index is 0.0745. The van der Waals surface area contributed by atoms with Crippen LogP contribution in [0.1, 0.15) is 24.0 Å². The van der Waals surface area contributed by atoms with Gasteiger partial charge in [0, 0.05) is 12.5 Å². The Balaban J connectivity index is 1.95. The molecule has 1 aliphatic rings. The molecule has 0 saturated carbocycles. The number of alkyl halides is 1. The third kappa shape index (κ3) is 2.78. The van der Waals surface area contributed by atoms with Crippen molar-refractivity contribution in [3.63, 3.8) is 0 Å². The van der Waals surface area contributed by atoms with Crippen molar-refractivity contribution in [1.29, 1.82) is 0 Å². The highest BCUT2D eigenvalue weighted by molar-refractivity contribution is 5.23. The molecule has 0 spiro atoms. The molecule has 2 atom stereocenters. The standard InChI is InChI=1S/C13H18FN/c1-10-4-2-5-11(8-10)9-12(14)13-6-3-7-15-13/h2,4-5,8,12-13,15H,3,6-7,9H2,1H3. The van der Waals surface area contributed by atoms with E-state index in [1.165, 1.54) is 5.56 Å². The van der Waals surface area contributed by atoms with E-state index in [-0.39, 0.29) is 6.04 Å². The topological polar surface area (TPSA) is 12.0 Å². The van der Waals surface area contributed by atoms with E-state index in [1.807, 2.05) is 25.1 Å². The molecule has 0 bridgehead atoms. The summed E-state index contributed by atoms with van der Waals surface area (Å²) in [4.78, 5) is 0. The van der Waals surface area contributed by atoms with Crippen molar-refractivity contribution in [2.75, 3.05) is 6.54 Å². The van der Waals surface area contributed by atoms with Crippen molar-refractivity contribution < 1.29 is 4.39 Å². The molecule has 1 aromatic rings. The molecule has 1 aliphatic heterocycles. The highest BCUT2D eigenvalue weighted by Gasteiger charge is 2.24. The van der Waals surface area contributed by atoms with Gasteiger partial charge in [0.05, 0.1) is 0 Å². The maximum absolute atomic E-state index is 13.9. The molecule has 1 nitrogen and oxygen atoms in total. The zero-order valence-corrected chi connectivity index (χ0v) is 9.17. The molecule has 82 valence electrons. The number of nitrogens with one attached hydrogen (secondary N) is 1. The van der Waals surface area contributed by atoms with Gasteiger partial charge in [0.2, 0.25) is 0 Å². The number of rotatable bonds is 3. The first kappa shape index (κ1) is 10.6. The Bertz CT molecular complexity index is 318. The quantitative estimate of drug-likeness (QED) is 0.803. The maximum atomic E-state index is 13.9. The van der Waals surface area contributed by atoms with E-state index in [1.54, 1.807) is 0 Å². The number of hydrogen-bond donors (Lipinski definition) is 1. The van der Waals surface area contributed by atoms with E-state index in [9.17, 15) is 4.39 Å². The summed E-state index contributed by atoms with van der Waals surface area (Å²) in [6, 6.07) is 8.20. The number of halogens is 1. The number of benzene rings is 1. The van der Waals surface area contributed by atoms with E-state index >= 15 is 0 Å². The summed E-state index contributed by atoms with van der Waals surface area (Å²) in [6.07, 6.45) is 1.89. The highest BCUT2D eigenvalue weighted by Crippen LogP contribution is 2.17. The predicted octanol–water partition coefficient (Wildman–Crippen LogP) is 2.63. The molecule has 2 unspecified atom stereocenters. The molecule has 2 heteroatoms. The molecule has 0 amide bonds. The summed E-state index contributed by atoms with van der Waals surface area (Å²) in [5.41, 5.74) is 2.32. The number of aryl methyl sites for hydroxylation is 1. The van der Waals surface area contributed by atoms with E-state index in [2.05, 4.69) is 11.4 Å². The summed E-state index contributed by atoms with van der Waals surface area (Å²) in [7, 11) is 0. The fourth-order valence-corrected chi connectivity index (χ4v) is 2.23. The zero-order valence-electron chi connectivity index (χ0n) is 9.17. The van der Waals surface area contributed by atoms with Gasteiger partial charge in [-0.2, -0.15) is 0 Å². The Morgan fingerprint density at radius 1 is 1.53 bits per heavy atom. The molecular weight excluding hydrogens is 189 g/mol. The van der Waals surface area contributed by atoms with Gasteiger partial charge in [-0.1, -0.05) is 29.8 Å². The van der Waals surface area contributed by atoms with Gasteiger partial charge in [-0.05, 0) is 31.9 Å². The molecule has 0 radical (unpaired) electrons. The van der Waals surface area contributed by atoms with E-state index < -0.39 is 6.17 Å². The molecule has 1 fully saturated rings. The SMILES string of the molecule is Cc1cccc(CC(F)C2CCCN2)c1. The molecule has 2 rings (SSSR count). The van der Waals surface area contributed by atoms with E-state index in [0.717, 1.165) is 24.9 Å². The fourth-order valence-electron chi connectivity index (χ4n) is 2.23. The lowest BCUT2D eigenvalue weighted by Gasteiger charge is -2.16. The molecular formula is C13H18FN. The Kier molecular flexibility index (Phi) is 3.37. The fraction of sp³-hybridized carbons (Fsp3) is 0.538. The number of hydrogen-bond acceptors (Lipinski definition) is 1. The van der Waals surface area contributed by atoms with Gasteiger partial charge in [-0.15, -0.1) is 0 Å². The first-order valence-electron chi connectivity index (χ1n) is 5.69. The van der Waals surface area contributed by atoms with Crippen molar-refractivity contribution in [3.05, 3.63) is 35.4 Å². The molecule has 1 heterocycles. The van der Waals surface area contributed by atoms with Crippen LogP contribution in [0.25, 0.3) is 0 Å². The average Bonchev–Trinajstić information content (AvgIpc) is 2.70. The second-order valence-electron chi connectivity index (χ2n) is 4.41. The van der Waals surface area contributed by atoms with Crippen LogP contribution in [0, 0.1) is 6.92 Å². The molecule has 0 aliphatic carbocycles. The van der Waals surface area contributed by atoms with Crippen molar-refractivity contribution in [1.82, 2.24) is 5.32 Å². The summed E-state index contributed by atoms with van der Waals surface area (Å²) in [5.74, 6) is 0. The Labute approximate surface area is 90.7 Å². The zero-order chi connectivity index (χ0) is 10.7. The molecule has 15 heavy (non-hydrogen) atoms. The second-order valence-corrected chi connectivity index (χ2v) is 4.41. The maximum Gasteiger partial charge on any atom is 0.119 e. The van der Waals surface area contributed by atoms with Crippen LogP contribution in [-0.4, -0.2) is 18.8 Å². The Morgan fingerprint density at radius 3 is 3.07 bits per heavy atom. The van der Waals surface area contributed by atoms with Crippen LogP contribution in [0.2, 0.25) is 0 Å². The van der Waals surface area contributed by atoms with Crippen LogP contribution in [0.4, 0.5) is 4.39 Å². The summed E-state index contributed by atoms with van der Waals surface area (Å²) < 4.78 is 13.9. The first-order chi connectivity index (χ1) is 7.25. The van der Waals surface area contributed by atoms with Crippen molar-refractivity contribution in [3.8, 4) is 0 Å². The minimum atomic E-state index is -0.741. The lowest BCUT2D eigenvalue weighted by atomic mass is 10.0. The van der Waals surface area contributed by atoms with Crippen LogP contribution < -0.4 is 5.32 Å². The van der Waals surface area contributed by atoms with Crippen LogP contribution in [-0.2, 0) is 6.42 Å². The van der Waals surface area contributed by atoms with Gasteiger partial charge in [0.25, 0.3) is 0 Å². The lowest BCUT2D eigenvalue weighted by molar-refractivity contribution is 0.263. The smallest absolute Gasteiger partial charge is 0.119 e. The average molecular weight is 207 g/mol. The van der Waals surface area contributed by atoms with Crippen LogP contribution in [0.15, 0.2) is 24.3 Å². The van der Waals surface area contributed by atoms with Gasteiger partial charge in [-0.25, -0.2) is 4.39 Å². The van der Waals surface area contributed by atoms with Crippen LogP contribution in [0.3, 0.4) is 0 Å². The lowest BCUT2D eigenvalue weighted by Crippen LogP contribution is -2.33. The molecule has 1 saturated heterocycles.